The average Bonchev–Trinajstić information content (AvgIpc) is 2.86. The van der Waals surface area contributed by atoms with Gasteiger partial charge in [0.05, 0.1) is 32.7 Å². The molecular weight excluding hydrogens is 458 g/mol. The molecule has 1 atom stereocenters. The Kier molecular flexibility index (Phi) is 17.1. The van der Waals surface area contributed by atoms with Gasteiger partial charge in [-0.2, -0.15) is 0 Å². The van der Waals surface area contributed by atoms with Crippen LogP contribution in [-0.4, -0.2) is 55.7 Å². The zero-order valence-electron chi connectivity index (χ0n) is 22.9. The molecule has 0 fully saturated rings. The first-order valence-corrected chi connectivity index (χ1v) is 13.7. The number of unbranched alkanes of at least 4 members (excludes halogenated alkanes) is 9. The van der Waals surface area contributed by atoms with Gasteiger partial charge in [0, 0.05) is 7.05 Å². The fourth-order valence-electron chi connectivity index (χ4n) is 3.95. The summed E-state index contributed by atoms with van der Waals surface area (Å²) >= 11 is 0. The first-order valence-electron chi connectivity index (χ1n) is 13.7. The number of benzene rings is 1. The summed E-state index contributed by atoms with van der Waals surface area (Å²) in [5.41, 5.74) is 0.803. The van der Waals surface area contributed by atoms with Crippen LogP contribution in [0.4, 0.5) is 0 Å². The summed E-state index contributed by atoms with van der Waals surface area (Å²) in [7, 11) is 1.51. The van der Waals surface area contributed by atoms with Gasteiger partial charge < -0.3 is 19.1 Å². The van der Waals surface area contributed by atoms with E-state index in [4.69, 9.17) is 14.2 Å². The molecule has 7 nitrogen and oxygen atoms in total. The highest BCUT2D eigenvalue weighted by Gasteiger charge is 2.31. The van der Waals surface area contributed by atoms with Crippen molar-refractivity contribution in [1.82, 2.24) is 4.90 Å². The van der Waals surface area contributed by atoms with E-state index >= 15 is 0 Å². The van der Waals surface area contributed by atoms with Crippen molar-refractivity contribution in [3.8, 4) is 5.75 Å². The molecule has 1 amide bonds. The highest BCUT2D eigenvalue weighted by Crippen LogP contribution is 2.16. The van der Waals surface area contributed by atoms with Gasteiger partial charge in [0.15, 0.2) is 0 Å². The molecule has 0 aliphatic rings. The summed E-state index contributed by atoms with van der Waals surface area (Å²) in [5, 5.41) is 0. The van der Waals surface area contributed by atoms with Gasteiger partial charge in [-0.3, -0.25) is 9.59 Å². The van der Waals surface area contributed by atoms with Crippen LogP contribution < -0.4 is 4.74 Å². The Morgan fingerprint density at radius 3 is 1.89 bits per heavy atom. The van der Waals surface area contributed by atoms with Crippen LogP contribution in [0.1, 0.15) is 97.0 Å². The van der Waals surface area contributed by atoms with Crippen molar-refractivity contribution < 1.29 is 28.6 Å². The van der Waals surface area contributed by atoms with Crippen molar-refractivity contribution in [2.24, 2.45) is 0 Å². The van der Waals surface area contributed by atoms with Crippen LogP contribution in [0, 0.1) is 0 Å². The second kappa shape index (κ2) is 19.6. The van der Waals surface area contributed by atoms with E-state index in [1.54, 1.807) is 13.8 Å². The molecule has 0 saturated heterocycles. The van der Waals surface area contributed by atoms with Crippen molar-refractivity contribution in [1.29, 1.82) is 0 Å². The van der Waals surface area contributed by atoms with Crippen molar-refractivity contribution in [3.63, 3.8) is 0 Å². The minimum Gasteiger partial charge on any atom is -0.494 e. The molecule has 204 valence electrons. The van der Waals surface area contributed by atoms with E-state index < -0.39 is 18.0 Å². The van der Waals surface area contributed by atoms with E-state index in [0.29, 0.717) is 6.61 Å². The Morgan fingerprint density at radius 2 is 1.33 bits per heavy atom. The number of hydrogen-bond acceptors (Lipinski definition) is 6. The third-order valence-corrected chi connectivity index (χ3v) is 6.13. The number of rotatable bonds is 20. The standard InChI is InChI=1S/C29H47NO6/c1-5-8-9-10-11-12-13-14-15-16-21-36-25-19-17-24(18-20-25)22-27(31)30(4)26(29(33)35-7-3)23-28(32)34-6-2/h17-20,26H,5-16,21-23H2,1-4H3/t26-/m0/s1. The molecule has 0 spiro atoms. The van der Waals surface area contributed by atoms with Crippen molar-refractivity contribution in [2.75, 3.05) is 26.9 Å². The molecule has 1 aromatic rings. The fourth-order valence-corrected chi connectivity index (χ4v) is 3.95. The van der Waals surface area contributed by atoms with Crippen LogP contribution in [0.3, 0.4) is 0 Å². The zero-order valence-corrected chi connectivity index (χ0v) is 22.9. The van der Waals surface area contributed by atoms with Gasteiger partial charge in [0.2, 0.25) is 5.91 Å². The largest absolute Gasteiger partial charge is 0.494 e. The number of carbonyl (C=O) groups is 3. The maximum absolute atomic E-state index is 12.8. The molecule has 0 radical (unpaired) electrons. The maximum atomic E-state index is 12.8. The number of ether oxygens (including phenoxy) is 3. The summed E-state index contributed by atoms with van der Waals surface area (Å²) in [5.74, 6) is -0.658. The SMILES string of the molecule is CCCCCCCCCCCCOc1ccc(CC(=O)N(C)[C@@H](CC(=O)OCC)C(=O)OCC)cc1. The molecule has 1 rings (SSSR count). The van der Waals surface area contributed by atoms with Gasteiger partial charge in [0.1, 0.15) is 11.8 Å². The van der Waals surface area contributed by atoms with Gasteiger partial charge in [-0.1, -0.05) is 76.8 Å². The first kappa shape index (κ1) is 31.5. The summed E-state index contributed by atoms with van der Waals surface area (Å²) < 4.78 is 15.8. The number of esters is 2. The number of amides is 1. The fraction of sp³-hybridized carbons (Fsp3) is 0.690. The predicted octanol–water partition coefficient (Wildman–Crippen LogP) is 5.87. The summed E-state index contributed by atoms with van der Waals surface area (Å²) in [6.45, 7) is 6.68. The molecule has 7 heteroatoms. The lowest BCUT2D eigenvalue weighted by molar-refractivity contribution is -0.158. The van der Waals surface area contributed by atoms with Crippen molar-refractivity contribution in [3.05, 3.63) is 29.8 Å². The third kappa shape index (κ3) is 13.5. The molecule has 0 aromatic heterocycles. The highest BCUT2D eigenvalue weighted by molar-refractivity contribution is 5.88. The smallest absolute Gasteiger partial charge is 0.329 e. The van der Waals surface area contributed by atoms with Crippen LogP contribution in [0.25, 0.3) is 0 Å². The Hall–Kier alpha value is -2.57. The van der Waals surface area contributed by atoms with Gasteiger partial charge in [-0.05, 0) is 38.0 Å². The van der Waals surface area contributed by atoms with Gasteiger partial charge in [0.25, 0.3) is 0 Å². The van der Waals surface area contributed by atoms with E-state index in [9.17, 15) is 14.4 Å². The molecule has 0 heterocycles. The van der Waals surface area contributed by atoms with E-state index in [0.717, 1.165) is 17.7 Å². The summed E-state index contributed by atoms with van der Waals surface area (Å²) in [6, 6.07) is 6.41. The topological polar surface area (TPSA) is 82.1 Å². The highest BCUT2D eigenvalue weighted by atomic mass is 16.5. The molecule has 0 N–H and O–H groups in total. The predicted molar refractivity (Wildman–Crippen MR) is 142 cm³/mol. The lowest BCUT2D eigenvalue weighted by Crippen LogP contribution is -2.45. The number of hydrogen-bond donors (Lipinski definition) is 0. The van der Waals surface area contributed by atoms with Crippen LogP contribution in [0.15, 0.2) is 24.3 Å². The minimum atomic E-state index is -1.01. The van der Waals surface area contributed by atoms with Gasteiger partial charge in [-0.25, -0.2) is 4.79 Å². The molecule has 0 saturated carbocycles. The molecule has 0 aliphatic heterocycles. The minimum absolute atomic E-state index is 0.105. The van der Waals surface area contributed by atoms with E-state index in [-0.39, 0.29) is 32.0 Å². The normalized spacial score (nSPS) is 11.6. The molecule has 0 aliphatic carbocycles. The molecule has 36 heavy (non-hydrogen) atoms. The quantitative estimate of drug-likeness (QED) is 0.163. The number of nitrogens with zero attached hydrogens (tertiary/aromatic N) is 1. The van der Waals surface area contributed by atoms with E-state index in [1.807, 2.05) is 24.3 Å². The second-order valence-electron chi connectivity index (χ2n) is 9.13. The van der Waals surface area contributed by atoms with Crippen molar-refractivity contribution in [2.45, 2.75) is 104 Å². The Morgan fingerprint density at radius 1 is 0.778 bits per heavy atom. The number of carbonyl (C=O) groups excluding carboxylic acids is 3. The lowest BCUT2D eigenvalue weighted by Gasteiger charge is -2.26. The average molecular weight is 506 g/mol. The van der Waals surface area contributed by atoms with E-state index in [1.165, 1.54) is 69.7 Å². The molecule has 0 unspecified atom stereocenters. The van der Waals surface area contributed by atoms with Crippen molar-refractivity contribution >= 4 is 17.8 Å². The van der Waals surface area contributed by atoms with Gasteiger partial charge >= 0.3 is 11.9 Å². The molecular formula is C29H47NO6. The Bertz CT molecular complexity index is 749. The second-order valence-corrected chi connectivity index (χ2v) is 9.13. The van der Waals surface area contributed by atoms with Crippen LogP contribution in [-0.2, 0) is 30.3 Å². The van der Waals surface area contributed by atoms with Crippen LogP contribution in [0.5, 0.6) is 5.75 Å². The van der Waals surface area contributed by atoms with Crippen LogP contribution in [0.2, 0.25) is 0 Å². The third-order valence-electron chi connectivity index (χ3n) is 6.13. The first-order chi connectivity index (χ1) is 17.4. The summed E-state index contributed by atoms with van der Waals surface area (Å²) in [6.07, 6.45) is 12.7. The van der Waals surface area contributed by atoms with Gasteiger partial charge in [-0.15, -0.1) is 0 Å². The lowest BCUT2D eigenvalue weighted by atomic mass is 10.1. The number of likely N-dealkylation sites (N-methyl/N-ethyl adjacent to an activating group) is 1. The van der Waals surface area contributed by atoms with Crippen LogP contribution >= 0.6 is 0 Å². The summed E-state index contributed by atoms with van der Waals surface area (Å²) in [4.78, 5) is 38.3. The monoisotopic (exact) mass is 505 g/mol. The van der Waals surface area contributed by atoms with E-state index in [2.05, 4.69) is 6.92 Å². The Balaban J connectivity index is 2.39. The zero-order chi connectivity index (χ0) is 26.6. The Labute approximate surface area is 217 Å². The molecule has 1 aromatic carbocycles. The maximum Gasteiger partial charge on any atom is 0.329 e. The molecule has 0 bridgehead atoms.